The molecule has 1 aliphatic carbocycles. The highest BCUT2D eigenvalue weighted by Gasteiger charge is 2.37. The van der Waals surface area contributed by atoms with Gasteiger partial charge in [-0.15, -0.1) is 5.10 Å². The van der Waals surface area contributed by atoms with E-state index in [1.54, 1.807) is 0 Å². The number of alkyl carbamates (subject to hydrolysis) is 1. The maximum Gasteiger partial charge on any atom is 0.407 e. The number of piperidine rings is 1. The van der Waals surface area contributed by atoms with Crippen LogP contribution in [0, 0.1) is 11.8 Å². The number of azide groups is 1. The fourth-order valence-corrected chi connectivity index (χ4v) is 4.36. The van der Waals surface area contributed by atoms with Crippen LogP contribution >= 0.6 is 0 Å². The summed E-state index contributed by atoms with van der Waals surface area (Å²) < 4.78 is 5.53. The Balaban J connectivity index is 1.70. The van der Waals surface area contributed by atoms with Crippen LogP contribution in [-0.2, 0) is 10.3 Å². The molecule has 2 heterocycles. The first-order valence-corrected chi connectivity index (χ1v) is 11.2. The molecule has 9 nitrogen and oxygen atoms in total. The first kappa shape index (κ1) is 23.1. The van der Waals surface area contributed by atoms with Gasteiger partial charge in [-0.25, -0.2) is 4.79 Å². The van der Waals surface area contributed by atoms with E-state index in [1.165, 1.54) is 6.42 Å². The lowest BCUT2D eigenvalue weighted by molar-refractivity contribution is 0.0418. The summed E-state index contributed by atoms with van der Waals surface area (Å²) >= 11 is 0. The van der Waals surface area contributed by atoms with Gasteiger partial charge in [0.15, 0.2) is 5.82 Å². The van der Waals surface area contributed by atoms with Crippen molar-refractivity contribution in [3.63, 3.8) is 0 Å². The molecule has 1 N–H and O–H groups in total. The molecule has 3 rings (SSSR count). The van der Waals surface area contributed by atoms with Crippen molar-refractivity contribution >= 4 is 11.9 Å². The van der Waals surface area contributed by atoms with Gasteiger partial charge in [0.25, 0.3) is 0 Å². The smallest absolute Gasteiger partial charge is 0.407 e. The summed E-state index contributed by atoms with van der Waals surface area (Å²) in [5, 5.41) is 15.7. The molecule has 0 radical (unpaired) electrons. The predicted octanol–water partition coefficient (Wildman–Crippen LogP) is 4.93. The summed E-state index contributed by atoms with van der Waals surface area (Å²) in [6.07, 6.45) is 5.31. The maximum atomic E-state index is 12.5. The molecular formula is C22H35N7O2. The Bertz CT molecular complexity index is 808. The van der Waals surface area contributed by atoms with Gasteiger partial charge in [0.1, 0.15) is 5.60 Å². The number of carbonyl (C=O) groups excluding carboxylic acids is 1. The summed E-state index contributed by atoms with van der Waals surface area (Å²) in [7, 11) is 0. The minimum Gasteiger partial charge on any atom is -0.444 e. The van der Waals surface area contributed by atoms with Crippen LogP contribution in [0.2, 0.25) is 0 Å². The second-order valence-electron chi connectivity index (χ2n) is 10.2. The van der Waals surface area contributed by atoms with E-state index in [4.69, 9.17) is 10.3 Å². The van der Waals surface area contributed by atoms with Crippen LogP contribution in [0.25, 0.3) is 10.4 Å². The second kappa shape index (κ2) is 9.30. The van der Waals surface area contributed by atoms with E-state index >= 15 is 0 Å². The van der Waals surface area contributed by atoms with Gasteiger partial charge in [-0.2, -0.15) is 5.10 Å². The maximum absolute atomic E-state index is 12.5. The van der Waals surface area contributed by atoms with Crippen LogP contribution in [0.5, 0.6) is 0 Å². The third-order valence-electron chi connectivity index (χ3n) is 6.20. The molecular weight excluding hydrogens is 394 g/mol. The zero-order valence-corrected chi connectivity index (χ0v) is 19.3. The highest BCUT2D eigenvalue weighted by atomic mass is 16.6. The second-order valence-corrected chi connectivity index (χ2v) is 10.2. The number of ether oxygens (including phenoxy) is 1. The normalized spacial score (nSPS) is 20.9. The van der Waals surface area contributed by atoms with E-state index in [0.29, 0.717) is 17.5 Å². The van der Waals surface area contributed by atoms with Gasteiger partial charge in [-0.05, 0) is 89.8 Å². The van der Waals surface area contributed by atoms with Gasteiger partial charge in [0.05, 0.1) is 11.2 Å². The predicted molar refractivity (Wildman–Crippen MR) is 120 cm³/mol. The molecule has 1 aromatic heterocycles. The van der Waals surface area contributed by atoms with Crippen LogP contribution in [-0.4, -0.2) is 41.0 Å². The number of nitrogens with zero attached hydrogens (tertiary/aromatic N) is 6. The average molecular weight is 430 g/mol. The Morgan fingerprint density at radius 1 is 1.19 bits per heavy atom. The lowest BCUT2D eigenvalue weighted by atomic mass is 9.73. The molecule has 170 valence electrons. The topological polar surface area (TPSA) is 116 Å². The number of hydrogen-bond donors (Lipinski definition) is 1. The highest BCUT2D eigenvalue weighted by molar-refractivity contribution is 5.68. The van der Waals surface area contributed by atoms with Crippen molar-refractivity contribution in [1.82, 2.24) is 15.5 Å². The number of rotatable bonds is 6. The van der Waals surface area contributed by atoms with E-state index < -0.39 is 11.1 Å². The van der Waals surface area contributed by atoms with Gasteiger partial charge >= 0.3 is 6.09 Å². The molecule has 1 saturated heterocycles. The first-order chi connectivity index (χ1) is 14.6. The lowest BCUT2D eigenvalue weighted by Crippen LogP contribution is -2.53. The van der Waals surface area contributed by atoms with Crippen LogP contribution in [0.4, 0.5) is 10.6 Å². The van der Waals surface area contributed by atoms with Gasteiger partial charge in [0.2, 0.25) is 0 Å². The Kier molecular flexibility index (Phi) is 6.94. The molecule has 9 heteroatoms. The van der Waals surface area contributed by atoms with Crippen molar-refractivity contribution in [1.29, 1.82) is 0 Å². The van der Waals surface area contributed by atoms with Crippen molar-refractivity contribution < 1.29 is 9.53 Å². The molecule has 1 unspecified atom stereocenters. The molecule has 0 aromatic carbocycles. The van der Waals surface area contributed by atoms with Gasteiger partial charge in [-0.3, -0.25) is 0 Å². The van der Waals surface area contributed by atoms with E-state index in [9.17, 15) is 4.79 Å². The van der Waals surface area contributed by atoms with Gasteiger partial charge < -0.3 is 15.0 Å². The van der Waals surface area contributed by atoms with E-state index in [1.807, 2.05) is 46.8 Å². The zero-order valence-electron chi connectivity index (χ0n) is 19.3. The molecule has 2 aliphatic rings. The van der Waals surface area contributed by atoms with Gasteiger partial charge in [0, 0.05) is 24.0 Å². The first-order valence-electron chi connectivity index (χ1n) is 11.2. The summed E-state index contributed by atoms with van der Waals surface area (Å²) in [4.78, 5) is 17.6. The number of carbonyl (C=O) groups is 1. The molecule has 1 saturated carbocycles. The Morgan fingerprint density at radius 2 is 1.90 bits per heavy atom. The van der Waals surface area contributed by atoms with Crippen LogP contribution in [0.1, 0.15) is 72.4 Å². The molecule has 1 aromatic rings. The Labute approximate surface area is 184 Å². The van der Waals surface area contributed by atoms with Crippen molar-refractivity contribution in [2.75, 3.05) is 18.0 Å². The van der Waals surface area contributed by atoms with E-state index in [0.717, 1.165) is 44.6 Å². The van der Waals surface area contributed by atoms with Crippen molar-refractivity contribution in [2.24, 2.45) is 17.0 Å². The number of nitrogens with one attached hydrogen (secondary N) is 1. The van der Waals surface area contributed by atoms with Crippen LogP contribution < -0.4 is 10.2 Å². The van der Waals surface area contributed by atoms with Crippen LogP contribution in [0.3, 0.4) is 0 Å². The third-order valence-corrected chi connectivity index (χ3v) is 6.20. The Morgan fingerprint density at radius 3 is 2.45 bits per heavy atom. The molecule has 1 amide bonds. The molecule has 2 fully saturated rings. The zero-order chi connectivity index (χ0) is 22.6. The summed E-state index contributed by atoms with van der Waals surface area (Å²) in [5.74, 6) is 1.66. The number of aromatic nitrogens is 2. The molecule has 2 atom stereocenters. The standard InChI is InChI=1S/C22H35N7O2/c1-21(2,3)31-20(30)24-19(15-8-6-9-15)16-10-7-13-29(14-16)18-12-11-17(25-26-18)22(4,5)27-28-23/h11-12,15-16,19H,6-10,13-14H2,1-5H3,(H,24,30)/t16-,19?/m1/s1. The average Bonchev–Trinajstić information content (AvgIpc) is 2.65. The summed E-state index contributed by atoms with van der Waals surface area (Å²) in [6.45, 7) is 11.0. The minimum atomic E-state index is -0.739. The van der Waals surface area contributed by atoms with E-state index in [2.05, 4.69) is 30.4 Å². The van der Waals surface area contributed by atoms with Crippen molar-refractivity contribution in [2.45, 2.75) is 83.9 Å². The quantitative estimate of drug-likeness (QED) is 0.391. The van der Waals surface area contributed by atoms with Crippen molar-refractivity contribution in [3.8, 4) is 0 Å². The SMILES string of the molecule is CC(C)(C)OC(=O)NC(C1CCC1)[C@@H]1CCCN(c2ccc(C(C)(C)N=[N+]=[N-])nn2)C1. The number of hydrogen-bond acceptors (Lipinski definition) is 6. The Hall–Kier alpha value is -2.54. The molecule has 0 spiro atoms. The number of anilines is 1. The third kappa shape index (κ3) is 6.00. The van der Waals surface area contributed by atoms with E-state index in [-0.39, 0.29) is 12.1 Å². The van der Waals surface area contributed by atoms with Gasteiger partial charge in [-0.1, -0.05) is 11.5 Å². The highest BCUT2D eigenvalue weighted by Crippen LogP contribution is 2.36. The molecule has 31 heavy (non-hydrogen) atoms. The minimum absolute atomic E-state index is 0.113. The fourth-order valence-electron chi connectivity index (χ4n) is 4.36. The fraction of sp³-hybridized carbons (Fsp3) is 0.773. The molecule has 0 bridgehead atoms. The van der Waals surface area contributed by atoms with Crippen molar-refractivity contribution in [3.05, 3.63) is 28.3 Å². The monoisotopic (exact) mass is 429 g/mol. The lowest BCUT2D eigenvalue weighted by Gasteiger charge is -2.43. The summed E-state index contributed by atoms with van der Waals surface area (Å²) in [6, 6.07) is 3.93. The largest absolute Gasteiger partial charge is 0.444 e. The number of amides is 1. The molecule has 1 aliphatic heterocycles. The van der Waals surface area contributed by atoms with Crippen LogP contribution in [0.15, 0.2) is 17.2 Å². The summed E-state index contributed by atoms with van der Waals surface area (Å²) in [5.41, 5.74) is 8.16.